The summed E-state index contributed by atoms with van der Waals surface area (Å²) in [7, 11) is 1.77. The summed E-state index contributed by atoms with van der Waals surface area (Å²) in [5.74, 6) is -0.297. The fourth-order valence-electron chi connectivity index (χ4n) is 2.26. The van der Waals surface area contributed by atoms with Crippen molar-refractivity contribution in [1.82, 2.24) is 4.90 Å². The van der Waals surface area contributed by atoms with Crippen LogP contribution in [-0.4, -0.2) is 37.5 Å². The average molecular weight is 251 g/mol. The van der Waals surface area contributed by atoms with Crippen LogP contribution in [0.1, 0.15) is 12.0 Å². The van der Waals surface area contributed by atoms with Crippen LogP contribution >= 0.6 is 0 Å². The van der Waals surface area contributed by atoms with E-state index in [0.29, 0.717) is 18.8 Å². The molecule has 0 aromatic heterocycles. The molecule has 5 heteroatoms. The van der Waals surface area contributed by atoms with Crippen molar-refractivity contribution in [3.05, 3.63) is 29.6 Å². The quantitative estimate of drug-likeness (QED) is 0.851. The monoisotopic (exact) mass is 251 g/mol. The van der Waals surface area contributed by atoms with Crippen molar-refractivity contribution in [2.45, 2.75) is 13.0 Å². The Bertz CT molecular complexity index is 450. The Labute approximate surface area is 106 Å². The third-order valence-electron chi connectivity index (χ3n) is 3.28. The molecule has 98 valence electrons. The molecule has 0 aliphatic carbocycles. The molecule has 4 nitrogen and oxygen atoms in total. The van der Waals surface area contributed by atoms with E-state index in [9.17, 15) is 9.18 Å². The lowest BCUT2D eigenvalue weighted by atomic mass is 10.1. The van der Waals surface area contributed by atoms with Crippen LogP contribution in [0.15, 0.2) is 18.2 Å². The van der Waals surface area contributed by atoms with Crippen LogP contribution in [0, 0.1) is 5.82 Å². The van der Waals surface area contributed by atoms with Gasteiger partial charge >= 0.3 is 0 Å². The first kappa shape index (κ1) is 12.8. The van der Waals surface area contributed by atoms with Crippen LogP contribution in [0.2, 0.25) is 0 Å². The summed E-state index contributed by atoms with van der Waals surface area (Å²) in [6.07, 6.45) is 0.834. The van der Waals surface area contributed by atoms with E-state index in [0.717, 1.165) is 12.0 Å². The summed E-state index contributed by atoms with van der Waals surface area (Å²) >= 11 is 0. The van der Waals surface area contributed by atoms with Gasteiger partial charge in [0.15, 0.2) is 0 Å². The molecule has 1 aliphatic rings. The minimum absolute atomic E-state index is 0.0127. The first-order chi connectivity index (χ1) is 8.63. The van der Waals surface area contributed by atoms with Crippen LogP contribution < -0.4 is 10.6 Å². The van der Waals surface area contributed by atoms with Crippen molar-refractivity contribution in [2.75, 3.05) is 31.6 Å². The highest BCUT2D eigenvalue weighted by molar-refractivity contribution is 5.82. The Morgan fingerprint density at radius 2 is 2.17 bits per heavy atom. The van der Waals surface area contributed by atoms with Gasteiger partial charge in [-0.1, -0.05) is 12.1 Å². The molecule has 1 fully saturated rings. The van der Waals surface area contributed by atoms with E-state index in [-0.39, 0.29) is 24.8 Å². The van der Waals surface area contributed by atoms with E-state index in [1.807, 2.05) is 0 Å². The second kappa shape index (κ2) is 5.35. The highest BCUT2D eigenvalue weighted by Gasteiger charge is 2.22. The fourth-order valence-corrected chi connectivity index (χ4v) is 2.26. The van der Waals surface area contributed by atoms with Gasteiger partial charge in [-0.05, 0) is 18.1 Å². The lowest BCUT2D eigenvalue weighted by molar-refractivity contribution is -0.127. The second-order valence-electron chi connectivity index (χ2n) is 4.54. The predicted octanol–water partition coefficient (Wildman–Crippen LogP) is 0.953. The number of carbonyl (C=O) groups is 1. The zero-order chi connectivity index (χ0) is 13.1. The van der Waals surface area contributed by atoms with E-state index >= 15 is 0 Å². The normalized spacial score (nSPS) is 16.9. The molecule has 0 spiro atoms. The first-order valence-electron chi connectivity index (χ1n) is 6.10. The van der Waals surface area contributed by atoms with Crippen molar-refractivity contribution in [2.24, 2.45) is 5.73 Å². The maximum Gasteiger partial charge on any atom is 0.241 e. The molecule has 1 aromatic carbocycles. The molecule has 1 aromatic rings. The number of likely N-dealkylation sites (N-methyl/N-ethyl adjacent to an activating group) is 1. The number of halogens is 1. The maximum absolute atomic E-state index is 14.0. The Hall–Kier alpha value is -1.62. The number of anilines is 1. The van der Waals surface area contributed by atoms with Gasteiger partial charge in [-0.15, -0.1) is 0 Å². The number of hydrogen-bond acceptors (Lipinski definition) is 3. The van der Waals surface area contributed by atoms with Gasteiger partial charge in [0.1, 0.15) is 5.82 Å². The Balaban J connectivity index is 2.33. The summed E-state index contributed by atoms with van der Waals surface area (Å²) in [5.41, 5.74) is 6.86. The van der Waals surface area contributed by atoms with E-state index in [4.69, 9.17) is 5.73 Å². The topological polar surface area (TPSA) is 49.6 Å². The molecule has 2 rings (SSSR count). The van der Waals surface area contributed by atoms with Crippen molar-refractivity contribution in [3.63, 3.8) is 0 Å². The zero-order valence-electron chi connectivity index (χ0n) is 10.5. The van der Waals surface area contributed by atoms with E-state index in [2.05, 4.69) is 0 Å². The molecule has 0 saturated carbocycles. The lowest BCUT2D eigenvalue weighted by Crippen LogP contribution is -2.35. The summed E-state index contributed by atoms with van der Waals surface area (Å²) in [6, 6.07) is 4.86. The molecule has 1 aliphatic heterocycles. The zero-order valence-corrected chi connectivity index (χ0v) is 10.5. The van der Waals surface area contributed by atoms with Crippen molar-refractivity contribution in [3.8, 4) is 0 Å². The van der Waals surface area contributed by atoms with Crippen LogP contribution in [0.3, 0.4) is 0 Å². The van der Waals surface area contributed by atoms with E-state index < -0.39 is 0 Å². The average Bonchev–Trinajstić information content (AvgIpc) is 2.51. The molecule has 0 bridgehead atoms. The lowest BCUT2D eigenvalue weighted by Gasteiger charge is -2.24. The smallest absolute Gasteiger partial charge is 0.241 e. The van der Waals surface area contributed by atoms with Gasteiger partial charge in [-0.25, -0.2) is 4.39 Å². The third-order valence-corrected chi connectivity index (χ3v) is 3.28. The number of nitrogens with zero attached hydrogens (tertiary/aromatic N) is 2. The summed E-state index contributed by atoms with van der Waals surface area (Å²) < 4.78 is 14.0. The van der Waals surface area contributed by atoms with Gasteiger partial charge in [0, 0.05) is 26.7 Å². The molecule has 18 heavy (non-hydrogen) atoms. The summed E-state index contributed by atoms with van der Waals surface area (Å²) in [4.78, 5) is 15.3. The van der Waals surface area contributed by atoms with Crippen molar-refractivity contribution < 1.29 is 9.18 Å². The Morgan fingerprint density at radius 1 is 1.39 bits per heavy atom. The Kier molecular flexibility index (Phi) is 3.81. The molecule has 1 amide bonds. The van der Waals surface area contributed by atoms with E-state index in [1.54, 1.807) is 29.0 Å². The summed E-state index contributed by atoms with van der Waals surface area (Å²) in [5, 5.41) is 0. The van der Waals surface area contributed by atoms with Gasteiger partial charge in [0.05, 0.1) is 12.2 Å². The van der Waals surface area contributed by atoms with Gasteiger partial charge in [-0.3, -0.25) is 4.79 Å². The number of amides is 1. The van der Waals surface area contributed by atoms with Crippen LogP contribution in [0.25, 0.3) is 0 Å². The van der Waals surface area contributed by atoms with Crippen LogP contribution in [0.4, 0.5) is 10.1 Å². The highest BCUT2D eigenvalue weighted by atomic mass is 19.1. The van der Waals surface area contributed by atoms with Gasteiger partial charge < -0.3 is 15.5 Å². The standard InChI is InChI=1S/C13H18FN3O/c1-16-6-3-7-17(9-12(16)18)13-10(8-15)4-2-5-11(13)14/h2,4-5H,3,6-9,15H2,1H3. The van der Waals surface area contributed by atoms with E-state index in [1.165, 1.54) is 6.07 Å². The first-order valence-corrected chi connectivity index (χ1v) is 6.10. The SMILES string of the molecule is CN1CCCN(c2c(F)cccc2CN)CC1=O. The van der Waals surface area contributed by atoms with Crippen molar-refractivity contribution >= 4 is 11.6 Å². The second-order valence-corrected chi connectivity index (χ2v) is 4.54. The molecule has 1 saturated heterocycles. The Morgan fingerprint density at radius 3 is 2.89 bits per heavy atom. The fraction of sp³-hybridized carbons (Fsp3) is 0.462. The number of nitrogens with two attached hydrogens (primary N) is 1. The number of rotatable bonds is 2. The van der Waals surface area contributed by atoms with Crippen LogP contribution in [-0.2, 0) is 11.3 Å². The molecule has 2 N–H and O–H groups in total. The van der Waals surface area contributed by atoms with Gasteiger partial charge in [0.25, 0.3) is 0 Å². The van der Waals surface area contributed by atoms with Gasteiger partial charge in [-0.2, -0.15) is 0 Å². The van der Waals surface area contributed by atoms with Gasteiger partial charge in [0.2, 0.25) is 5.91 Å². The third kappa shape index (κ3) is 2.46. The highest BCUT2D eigenvalue weighted by Crippen LogP contribution is 2.25. The maximum atomic E-state index is 14.0. The molecule has 0 radical (unpaired) electrons. The molecule has 0 atom stereocenters. The molecule has 1 heterocycles. The minimum Gasteiger partial charge on any atom is -0.360 e. The molecular formula is C13H18FN3O. The molecular weight excluding hydrogens is 233 g/mol. The number of hydrogen-bond donors (Lipinski definition) is 1. The summed E-state index contributed by atoms with van der Waals surface area (Å²) in [6.45, 7) is 1.86. The predicted molar refractivity (Wildman–Crippen MR) is 68.8 cm³/mol. The minimum atomic E-state index is -0.310. The number of para-hydroxylation sites is 1. The van der Waals surface area contributed by atoms with Crippen LogP contribution in [0.5, 0.6) is 0 Å². The molecule has 0 unspecified atom stereocenters. The number of carbonyl (C=O) groups excluding carboxylic acids is 1. The van der Waals surface area contributed by atoms with Crippen molar-refractivity contribution in [1.29, 1.82) is 0 Å². The number of benzene rings is 1. The largest absolute Gasteiger partial charge is 0.360 e.